The molecule has 1 aliphatic rings. The van der Waals surface area contributed by atoms with Crippen LogP contribution in [0.15, 0.2) is 52.7 Å². The summed E-state index contributed by atoms with van der Waals surface area (Å²) in [6.45, 7) is 1.97. The first kappa shape index (κ1) is 16.5. The Hall–Kier alpha value is -3.35. The summed E-state index contributed by atoms with van der Waals surface area (Å²) in [7, 11) is 0. The third-order valence-electron chi connectivity index (χ3n) is 3.88. The fourth-order valence-corrected chi connectivity index (χ4v) is 2.55. The highest BCUT2D eigenvalue weighted by Gasteiger charge is 2.21. The summed E-state index contributed by atoms with van der Waals surface area (Å²) in [5.74, 6) is -0.407. The number of carbonyl (C=O) groups is 1. The quantitative estimate of drug-likeness (QED) is 0.390. The van der Waals surface area contributed by atoms with Gasteiger partial charge in [-0.2, -0.15) is 10.2 Å². The minimum absolute atomic E-state index is 0.0688. The fourth-order valence-electron chi connectivity index (χ4n) is 2.55. The third kappa shape index (κ3) is 3.77. The van der Waals surface area contributed by atoms with Gasteiger partial charge in [-0.05, 0) is 29.8 Å². The molecule has 0 saturated carbocycles. The van der Waals surface area contributed by atoms with Crippen LogP contribution in [0.4, 0.5) is 5.69 Å². The van der Waals surface area contributed by atoms with E-state index in [0.717, 1.165) is 17.0 Å². The van der Waals surface area contributed by atoms with Crippen LogP contribution in [-0.2, 0) is 4.79 Å². The SMILES string of the molecule is CC1CC(=O)NN=C1c1ccc(NN=Cc2cccc(O)c2O)cc1. The van der Waals surface area contributed by atoms with Gasteiger partial charge in [-0.15, -0.1) is 0 Å². The number of amides is 1. The second-order valence-electron chi connectivity index (χ2n) is 5.80. The van der Waals surface area contributed by atoms with Gasteiger partial charge >= 0.3 is 0 Å². The fraction of sp³-hybridized carbons (Fsp3) is 0.167. The molecule has 1 atom stereocenters. The van der Waals surface area contributed by atoms with Crippen LogP contribution in [-0.4, -0.2) is 28.0 Å². The Kier molecular flexibility index (Phi) is 4.65. The number of para-hydroxylation sites is 1. The van der Waals surface area contributed by atoms with Crippen LogP contribution < -0.4 is 10.9 Å². The van der Waals surface area contributed by atoms with Gasteiger partial charge in [0.2, 0.25) is 5.91 Å². The highest BCUT2D eigenvalue weighted by molar-refractivity contribution is 6.05. The van der Waals surface area contributed by atoms with Crippen molar-refractivity contribution in [1.82, 2.24) is 5.43 Å². The Bertz CT molecular complexity index is 844. The first-order valence-corrected chi connectivity index (χ1v) is 7.81. The van der Waals surface area contributed by atoms with Gasteiger partial charge in [-0.3, -0.25) is 10.2 Å². The number of aromatic hydroxyl groups is 2. The van der Waals surface area contributed by atoms with Gasteiger partial charge in [0.15, 0.2) is 11.5 Å². The van der Waals surface area contributed by atoms with Crippen molar-refractivity contribution in [3.8, 4) is 11.5 Å². The van der Waals surface area contributed by atoms with E-state index in [1.54, 1.807) is 12.1 Å². The van der Waals surface area contributed by atoms with Gasteiger partial charge in [0.05, 0.1) is 17.6 Å². The van der Waals surface area contributed by atoms with Crippen molar-refractivity contribution in [3.05, 3.63) is 53.6 Å². The molecule has 0 radical (unpaired) electrons. The smallest absolute Gasteiger partial charge is 0.240 e. The van der Waals surface area contributed by atoms with Crippen molar-refractivity contribution in [2.24, 2.45) is 16.1 Å². The van der Waals surface area contributed by atoms with E-state index in [1.807, 2.05) is 31.2 Å². The highest BCUT2D eigenvalue weighted by atomic mass is 16.3. The molecule has 7 nitrogen and oxygen atoms in total. The van der Waals surface area contributed by atoms with Crippen LogP contribution in [0.1, 0.15) is 24.5 Å². The highest BCUT2D eigenvalue weighted by Crippen LogP contribution is 2.26. The molecular formula is C18H18N4O3. The topological polar surface area (TPSA) is 106 Å². The number of carbonyl (C=O) groups excluding carboxylic acids is 1. The first-order valence-electron chi connectivity index (χ1n) is 7.81. The van der Waals surface area contributed by atoms with E-state index >= 15 is 0 Å². The summed E-state index contributed by atoms with van der Waals surface area (Å²) >= 11 is 0. The molecule has 1 heterocycles. The minimum atomic E-state index is -0.213. The predicted octanol–water partition coefficient (Wildman–Crippen LogP) is 2.40. The van der Waals surface area contributed by atoms with Gasteiger partial charge in [0.25, 0.3) is 0 Å². The summed E-state index contributed by atoms with van der Waals surface area (Å²) in [6.07, 6.45) is 1.85. The number of hydrazone groups is 2. The first-order chi connectivity index (χ1) is 12.0. The second kappa shape index (κ2) is 7.04. The Morgan fingerprint density at radius 2 is 2.00 bits per heavy atom. The zero-order valence-corrected chi connectivity index (χ0v) is 13.6. The normalized spacial score (nSPS) is 17.2. The van der Waals surface area contributed by atoms with E-state index in [9.17, 15) is 15.0 Å². The maximum absolute atomic E-state index is 11.3. The van der Waals surface area contributed by atoms with E-state index in [0.29, 0.717) is 12.0 Å². The minimum Gasteiger partial charge on any atom is -0.504 e. The maximum Gasteiger partial charge on any atom is 0.240 e. The number of anilines is 1. The zero-order chi connectivity index (χ0) is 17.8. The lowest BCUT2D eigenvalue weighted by Gasteiger charge is -2.19. The van der Waals surface area contributed by atoms with E-state index in [4.69, 9.17) is 0 Å². The molecule has 1 amide bonds. The van der Waals surface area contributed by atoms with E-state index in [-0.39, 0.29) is 23.3 Å². The zero-order valence-electron chi connectivity index (χ0n) is 13.6. The molecule has 4 N–H and O–H groups in total. The molecule has 2 aromatic rings. The molecule has 0 bridgehead atoms. The van der Waals surface area contributed by atoms with Gasteiger partial charge in [-0.1, -0.05) is 25.1 Å². The lowest BCUT2D eigenvalue weighted by atomic mass is 9.94. The molecular weight excluding hydrogens is 320 g/mol. The average Bonchev–Trinajstić information content (AvgIpc) is 2.59. The van der Waals surface area contributed by atoms with Crippen LogP contribution in [0.5, 0.6) is 11.5 Å². The monoisotopic (exact) mass is 338 g/mol. The van der Waals surface area contributed by atoms with Crippen molar-refractivity contribution in [2.75, 3.05) is 5.43 Å². The number of nitrogens with one attached hydrogen (secondary N) is 2. The molecule has 0 aromatic heterocycles. The number of phenolic OH excluding ortho intramolecular Hbond substituents is 2. The van der Waals surface area contributed by atoms with Gasteiger partial charge in [0.1, 0.15) is 0 Å². The number of benzene rings is 2. The molecule has 0 saturated heterocycles. The molecule has 0 aliphatic carbocycles. The number of hydrogen-bond donors (Lipinski definition) is 4. The molecule has 3 rings (SSSR count). The van der Waals surface area contributed by atoms with Gasteiger partial charge in [0, 0.05) is 17.9 Å². The van der Waals surface area contributed by atoms with Crippen molar-refractivity contribution in [2.45, 2.75) is 13.3 Å². The average molecular weight is 338 g/mol. The maximum atomic E-state index is 11.3. The molecule has 7 heteroatoms. The molecule has 128 valence electrons. The number of rotatable bonds is 4. The number of nitrogens with zero attached hydrogens (tertiary/aromatic N) is 2. The van der Waals surface area contributed by atoms with Crippen molar-refractivity contribution >= 4 is 23.5 Å². The molecule has 25 heavy (non-hydrogen) atoms. The second-order valence-corrected chi connectivity index (χ2v) is 5.80. The van der Waals surface area contributed by atoms with Crippen molar-refractivity contribution in [1.29, 1.82) is 0 Å². The third-order valence-corrected chi connectivity index (χ3v) is 3.88. The van der Waals surface area contributed by atoms with Crippen LogP contribution in [0.2, 0.25) is 0 Å². The van der Waals surface area contributed by atoms with E-state index in [2.05, 4.69) is 21.1 Å². The Morgan fingerprint density at radius 3 is 2.72 bits per heavy atom. The van der Waals surface area contributed by atoms with Gasteiger partial charge in [-0.25, -0.2) is 5.43 Å². The van der Waals surface area contributed by atoms with Crippen LogP contribution in [0.3, 0.4) is 0 Å². The Morgan fingerprint density at radius 1 is 1.24 bits per heavy atom. The molecule has 1 aliphatic heterocycles. The lowest BCUT2D eigenvalue weighted by Crippen LogP contribution is -2.31. The summed E-state index contributed by atoms with van der Waals surface area (Å²) in [5, 5.41) is 27.3. The molecule has 2 aromatic carbocycles. The summed E-state index contributed by atoms with van der Waals surface area (Å²) in [4.78, 5) is 11.3. The van der Waals surface area contributed by atoms with Crippen molar-refractivity contribution < 1.29 is 15.0 Å². The molecule has 1 unspecified atom stereocenters. The standard InChI is InChI=1S/C18H18N4O3/c1-11-9-16(24)21-22-17(11)12-5-7-14(8-6-12)20-19-10-13-3-2-4-15(23)18(13)25/h2-8,10-11,20,23,25H,9H2,1H3,(H,21,24). The summed E-state index contributed by atoms with van der Waals surface area (Å²) < 4.78 is 0. The molecule has 0 fully saturated rings. The number of hydrogen-bond acceptors (Lipinski definition) is 6. The predicted molar refractivity (Wildman–Crippen MR) is 95.9 cm³/mol. The van der Waals surface area contributed by atoms with Crippen LogP contribution in [0.25, 0.3) is 0 Å². The lowest BCUT2D eigenvalue weighted by molar-refractivity contribution is -0.121. The van der Waals surface area contributed by atoms with Crippen LogP contribution >= 0.6 is 0 Å². The van der Waals surface area contributed by atoms with E-state index < -0.39 is 0 Å². The summed E-state index contributed by atoms with van der Waals surface area (Å²) in [6, 6.07) is 12.2. The van der Waals surface area contributed by atoms with Crippen LogP contribution in [0, 0.1) is 5.92 Å². The Labute approximate surface area is 144 Å². The largest absolute Gasteiger partial charge is 0.504 e. The number of phenols is 2. The summed E-state index contributed by atoms with van der Waals surface area (Å²) in [5.41, 5.74) is 8.31. The van der Waals surface area contributed by atoms with Crippen molar-refractivity contribution in [3.63, 3.8) is 0 Å². The Balaban J connectivity index is 1.68. The van der Waals surface area contributed by atoms with Gasteiger partial charge < -0.3 is 10.2 Å². The van der Waals surface area contributed by atoms with E-state index in [1.165, 1.54) is 12.3 Å². The molecule has 0 spiro atoms.